The van der Waals surface area contributed by atoms with E-state index in [-0.39, 0.29) is 5.69 Å². The summed E-state index contributed by atoms with van der Waals surface area (Å²) in [6.45, 7) is 3.95. The van der Waals surface area contributed by atoms with Crippen molar-refractivity contribution in [1.82, 2.24) is 14.5 Å². The maximum atomic E-state index is 12.1. The van der Waals surface area contributed by atoms with Crippen LogP contribution in [0.4, 0.5) is 0 Å². The summed E-state index contributed by atoms with van der Waals surface area (Å²) in [6, 6.07) is 0.968. The lowest BCUT2D eigenvalue weighted by Crippen LogP contribution is -2.38. The Morgan fingerprint density at radius 3 is 2.71 bits per heavy atom. The first kappa shape index (κ1) is 11.1. The molecule has 1 atom stereocenters. The molecule has 1 heterocycles. The Balaban J connectivity index is 1.72. The molecule has 0 saturated heterocycles. The second-order valence-electron chi connectivity index (χ2n) is 5.37. The summed E-state index contributed by atoms with van der Waals surface area (Å²) in [5, 5.41) is 3.51. The van der Waals surface area contributed by atoms with Crippen molar-refractivity contribution in [3.8, 4) is 0 Å². The lowest BCUT2D eigenvalue weighted by atomic mass is 10.2. The molecule has 1 aromatic heterocycles. The molecule has 1 N–H and O–H groups in total. The number of likely N-dealkylation sites (N-methyl/N-ethyl adjacent to an activating group) is 1. The SMILES string of the molecule is CCNC(Cn1ccn(C2CC2)c1=O)C1CC1. The molecule has 0 aromatic carbocycles. The average Bonchev–Trinajstić information content (AvgIpc) is 3.20. The van der Waals surface area contributed by atoms with Gasteiger partial charge in [-0.1, -0.05) is 6.92 Å². The average molecular weight is 235 g/mol. The van der Waals surface area contributed by atoms with Crippen LogP contribution in [0, 0.1) is 5.92 Å². The van der Waals surface area contributed by atoms with Crippen LogP contribution >= 0.6 is 0 Å². The molecule has 1 unspecified atom stereocenters. The zero-order valence-electron chi connectivity index (χ0n) is 10.4. The zero-order chi connectivity index (χ0) is 11.8. The van der Waals surface area contributed by atoms with Crippen LogP contribution in [0.25, 0.3) is 0 Å². The molecule has 2 fully saturated rings. The van der Waals surface area contributed by atoms with Crippen LogP contribution in [0.1, 0.15) is 38.6 Å². The molecule has 0 aliphatic heterocycles. The molecule has 3 rings (SSSR count). The van der Waals surface area contributed by atoms with Gasteiger partial charge in [-0.05, 0) is 38.1 Å². The topological polar surface area (TPSA) is 39.0 Å². The first-order chi connectivity index (χ1) is 8.29. The number of nitrogens with one attached hydrogen (secondary N) is 1. The van der Waals surface area contributed by atoms with E-state index in [1.165, 1.54) is 25.7 Å². The molecule has 2 aliphatic carbocycles. The summed E-state index contributed by atoms with van der Waals surface area (Å²) in [4.78, 5) is 12.1. The summed E-state index contributed by atoms with van der Waals surface area (Å²) in [6.07, 6.45) is 8.88. The maximum absolute atomic E-state index is 12.1. The third kappa shape index (κ3) is 2.32. The Labute approximate surface area is 102 Å². The van der Waals surface area contributed by atoms with Gasteiger partial charge >= 0.3 is 5.69 Å². The van der Waals surface area contributed by atoms with E-state index in [1.807, 2.05) is 21.5 Å². The largest absolute Gasteiger partial charge is 0.328 e. The number of aromatic nitrogens is 2. The Bertz CT molecular complexity index is 440. The molecule has 2 aliphatic rings. The highest BCUT2D eigenvalue weighted by Crippen LogP contribution is 2.34. The van der Waals surface area contributed by atoms with Gasteiger partial charge in [-0.3, -0.25) is 9.13 Å². The van der Waals surface area contributed by atoms with Crippen molar-refractivity contribution in [2.75, 3.05) is 6.54 Å². The van der Waals surface area contributed by atoms with Gasteiger partial charge in [0.1, 0.15) is 0 Å². The second kappa shape index (κ2) is 4.33. The van der Waals surface area contributed by atoms with Gasteiger partial charge in [0.2, 0.25) is 0 Å². The Morgan fingerprint density at radius 2 is 2.12 bits per heavy atom. The van der Waals surface area contributed by atoms with Gasteiger partial charge < -0.3 is 5.32 Å². The normalized spacial score (nSPS) is 21.7. The molecule has 2 saturated carbocycles. The maximum Gasteiger partial charge on any atom is 0.328 e. The van der Waals surface area contributed by atoms with Crippen LogP contribution < -0.4 is 11.0 Å². The van der Waals surface area contributed by atoms with Gasteiger partial charge in [0.15, 0.2) is 0 Å². The van der Waals surface area contributed by atoms with E-state index >= 15 is 0 Å². The Morgan fingerprint density at radius 1 is 1.35 bits per heavy atom. The predicted molar refractivity (Wildman–Crippen MR) is 67.2 cm³/mol. The minimum Gasteiger partial charge on any atom is -0.312 e. The summed E-state index contributed by atoms with van der Waals surface area (Å²) in [5.74, 6) is 0.783. The van der Waals surface area contributed by atoms with E-state index in [2.05, 4.69) is 12.2 Å². The van der Waals surface area contributed by atoms with Crippen LogP contribution in [0.2, 0.25) is 0 Å². The Hall–Kier alpha value is -1.03. The van der Waals surface area contributed by atoms with Crippen molar-refractivity contribution in [3.05, 3.63) is 22.9 Å². The highest BCUT2D eigenvalue weighted by molar-refractivity contribution is 4.94. The van der Waals surface area contributed by atoms with Gasteiger partial charge in [-0.25, -0.2) is 4.79 Å². The minimum atomic E-state index is 0.177. The van der Waals surface area contributed by atoms with E-state index in [0.717, 1.165) is 19.0 Å². The van der Waals surface area contributed by atoms with Gasteiger partial charge in [0.25, 0.3) is 0 Å². The Kier molecular flexibility index (Phi) is 2.82. The third-order valence-electron chi connectivity index (χ3n) is 3.86. The minimum absolute atomic E-state index is 0.177. The number of imidazole rings is 1. The molecule has 94 valence electrons. The van der Waals surface area contributed by atoms with Crippen molar-refractivity contribution >= 4 is 0 Å². The van der Waals surface area contributed by atoms with Gasteiger partial charge in [-0.15, -0.1) is 0 Å². The molecular weight excluding hydrogens is 214 g/mol. The molecule has 0 bridgehead atoms. The van der Waals surface area contributed by atoms with Crippen LogP contribution in [0.5, 0.6) is 0 Å². The predicted octanol–water partition coefficient (Wildman–Crippen LogP) is 1.37. The van der Waals surface area contributed by atoms with E-state index < -0.39 is 0 Å². The van der Waals surface area contributed by atoms with Crippen molar-refractivity contribution in [3.63, 3.8) is 0 Å². The third-order valence-corrected chi connectivity index (χ3v) is 3.86. The van der Waals surface area contributed by atoms with E-state index in [1.54, 1.807) is 0 Å². The smallest absolute Gasteiger partial charge is 0.312 e. The molecule has 4 nitrogen and oxygen atoms in total. The van der Waals surface area contributed by atoms with Crippen molar-refractivity contribution < 1.29 is 0 Å². The summed E-state index contributed by atoms with van der Waals surface area (Å²) < 4.78 is 3.78. The first-order valence-electron chi connectivity index (χ1n) is 6.80. The number of hydrogen-bond donors (Lipinski definition) is 1. The monoisotopic (exact) mass is 235 g/mol. The second-order valence-corrected chi connectivity index (χ2v) is 5.37. The standard InChI is InChI=1S/C13H21N3O/c1-2-14-12(10-3-4-10)9-15-7-8-16(13(15)17)11-5-6-11/h7-8,10-12,14H,2-6,9H2,1H3. The fourth-order valence-corrected chi connectivity index (χ4v) is 2.55. The van der Waals surface area contributed by atoms with Crippen LogP contribution in [-0.4, -0.2) is 21.7 Å². The molecule has 4 heteroatoms. The highest BCUT2D eigenvalue weighted by atomic mass is 16.1. The number of nitrogens with zero attached hydrogens (tertiary/aromatic N) is 2. The summed E-state index contributed by atoms with van der Waals surface area (Å²) in [7, 11) is 0. The molecule has 1 aromatic rings. The summed E-state index contributed by atoms with van der Waals surface area (Å²) in [5.41, 5.74) is 0.177. The number of rotatable bonds is 6. The van der Waals surface area contributed by atoms with E-state index in [9.17, 15) is 4.79 Å². The van der Waals surface area contributed by atoms with Gasteiger partial charge in [0.05, 0.1) is 0 Å². The van der Waals surface area contributed by atoms with Crippen LogP contribution in [0.3, 0.4) is 0 Å². The van der Waals surface area contributed by atoms with Crippen molar-refractivity contribution in [2.24, 2.45) is 5.92 Å². The van der Waals surface area contributed by atoms with E-state index in [0.29, 0.717) is 12.1 Å². The molecule has 0 radical (unpaired) electrons. The first-order valence-corrected chi connectivity index (χ1v) is 6.80. The van der Waals surface area contributed by atoms with Gasteiger partial charge in [0, 0.05) is 31.0 Å². The quantitative estimate of drug-likeness (QED) is 0.809. The highest BCUT2D eigenvalue weighted by Gasteiger charge is 2.32. The van der Waals surface area contributed by atoms with Crippen molar-refractivity contribution in [2.45, 2.75) is 51.2 Å². The molecule has 17 heavy (non-hydrogen) atoms. The zero-order valence-corrected chi connectivity index (χ0v) is 10.4. The fraction of sp³-hybridized carbons (Fsp3) is 0.769. The van der Waals surface area contributed by atoms with Crippen LogP contribution in [0.15, 0.2) is 17.2 Å². The van der Waals surface area contributed by atoms with Gasteiger partial charge in [-0.2, -0.15) is 0 Å². The number of hydrogen-bond acceptors (Lipinski definition) is 2. The van der Waals surface area contributed by atoms with Crippen molar-refractivity contribution in [1.29, 1.82) is 0 Å². The lowest BCUT2D eigenvalue weighted by molar-refractivity contribution is 0.407. The molecular formula is C13H21N3O. The molecule has 0 spiro atoms. The summed E-state index contributed by atoms with van der Waals surface area (Å²) >= 11 is 0. The lowest BCUT2D eigenvalue weighted by Gasteiger charge is -2.17. The molecule has 0 amide bonds. The van der Waals surface area contributed by atoms with E-state index in [4.69, 9.17) is 0 Å². The fourth-order valence-electron chi connectivity index (χ4n) is 2.55. The van der Waals surface area contributed by atoms with Crippen LogP contribution in [-0.2, 0) is 6.54 Å².